The van der Waals surface area contributed by atoms with Crippen LogP contribution in [0.2, 0.25) is 0 Å². The maximum Gasteiger partial charge on any atom is 0.206 e. The van der Waals surface area contributed by atoms with Crippen molar-refractivity contribution >= 4 is 0 Å². The van der Waals surface area contributed by atoms with E-state index in [4.69, 9.17) is 4.74 Å². The highest BCUT2D eigenvalue weighted by Crippen LogP contribution is 2.36. The maximum absolute atomic E-state index is 13.4. The van der Waals surface area contributed by atoms with Crippen molar-refractivity contribution in [2.24, 2.45) is 0 Å². The summed E-state index contributed by atoms with van der Waals surface area (Å²) in [6.07, 6.45) is -0.373. The van der Waals surface area contributed by atoms with Crippen molar-refractivity contribution in [1.29, 1.82) is 0 Å². The van der Waals surface area contributed by atoms with Crippen LogP contribution in [-0.4, -0.2) is 29.9 Å². The number of ether oxygens (including phenoxy) is 1. The third kappa shape index (κ3) is 1.83. The van der Waals surface area contributed by atoms with Crippen molar-refractivity contribution in [3.05, 3.63) is 23.0 Å². The molecule has 5 heteroatoms. The molecule has 0 spiro atoms. The molecule has 2 rings (SSSR count). The van der Waals surface area contributed by atoms with E-state index in [9.17, 15) is 14.6 Å². The topological polar surface area (TPSA) is 61.7 Å². The van der Waals surface area contributed by atoms with Crippen molar-refractivity contribution in [3.8, 4) is 11.5 Å². The van der Waals surface area contributed by atoms with E-state index in [1.54, 1.807) is 13.0 Å². The van der Waals surface area contributed by atoms with Gasteiger partial charge < -0.3 is 20.3 Å². The lowest BCUT2D eigenvalue weighted by atomic mass is 10.0. The van der Waals surface area contributed by atoms with E-state index in [1.165, 1.54) is 0 Å². The third-order valence-electron chi connectivity index (χ3n) is 2.71. The minimum Gasteiger partial charge on any atom is -0.505 e. The van der Waals surface area contributed by atoms with Gasteiger partial charge in [0.2, 0.25) is 5.82 Å². The van der Waals surface area contributed by atoms with E-state index in [0.717, 1.165) is 6.54 Å². The number of hydrogen-bond donors (Lipinski definition) is 3. The molecule has 1 fully saturated rings. The number of phenolic OH excluding ortho intramolecular Hbond substituents is 2. The normalized spacial score (nSPS) is 21.0. The fraction of sp³-hybridized carbons (Fsp3) is 0.455. The van der Waals surface area contributed by atoms with Gasteiger partial charge in [0.25, 0.3) is 0 Å². The van der Waals surface area contributed by atoms with E-state index in [0.29, 0.717) is 24.3 Å². The zero-order chi connectivity index (χ0) is 11.7. The number of aromatic hydroxyl groups is 2. The van der Waals surface area contributed by atoms with Crippen molar-refractivity contribution < 1.29 is 19.3 Å². The van der Waals surface area contributed by atoms with Crippen molar-refractivity contribution in [3.63, 3.8) is 0 Å². The molecule has 88 valence electrons. The van der Waals surface area contributed by atoms with Gasteiger partial charge in [-0.3, -0.25) is 0 Å². The largest absolute Gasteiger partial charge is 0.505 e. The van der Waals surface area contributed by atoms with E-state index in [2.05, 4.69) is 5.32 Å². The summed E-state index contributed by atoms with van der Waals surface area (Å²) in [5.41, 5.74) is 0.763. The van der Waals surface area contributed by atoms with Gasteiger partial charge in [0.05, 0.1) is 12.7 Å². The Kier molecular flexibility index (Phi) is 2.98. The lowest BCUT2D eigenvalue weighted by Gasteiger charge is -2.25. The number of rotatable bonds is 1. The van der Waals surface area contributed by atoms with Crippen LogP contribution in [0.15, 0.2) is 6.07 Å². The smallest absolute Gasteiger partial charge is 0.206 e. The second kappa shape index (κ2) is 4.27. The Bertz CT molecular complexity index is 403. The second-order valence-corrected chi connectivity index (χ2v) is 3.86. The predicted molar refractivity (Wildman–Crippen MR) is 56.0 cm³/mol. The van der Waals surface area contributed by atoms with Gasteiger partial charge in [-0.05, 0) is 18.6 Å². The van der Waals surface area contributed by atoms with Gasteiger partial charge in [-0.1, -0.05) is 0 Å². The molecule has 1 heterocycles. The third-order valence-corrected chi connectivity index (χ3v) is 2.71. The highest BCUT2D eigenvalue weighted by atomic mass is 19.1. The van der Waals surface area contributed by atoms with Gasteiger partial charge in [-0.2, -0.15) is 4.39 Å². The molecule has 1 saturated heterocycles. The number of benzene rings is 1. The summed E-state index contributed by atoms with van der Waals surface area (Å²) in [5.74, 6) is -2.02. The zero-order valence-corrected chi connectivity index (χ0v) is 8.96. The standard InChI is InChI=1S/C11H14FNO3/c1-6-4-7(8-5-13-2-3-16-8)11(15)9(12)10(6)14/h4,8,13-15H,2-3,5H2,1H3. The van der Waals surface area contributed by atoms with Crippen LogP contribution in [0.1, 0.15) is 17.2 Å². The molecule has 1 aromatic carbocycles. The molecule has 0 amide bonds. The van der Waals surface area contributed by atoms with Crippen LogP contribution in [-0.2, 0) is 4.74 Å². The molecule has 0 bridgehead atoms. The summed E-state index contributed by atoms with van der Waals surface area (Å²) in [4.78, 5) is 0. The van der Waals surface area contributed by atoms with Crippen LogP contribution in [0, 0.1) is 12.7 Å². The molecule has 16 heavy (non-hydrogen) atoms. The molecule has 0 saturated carbocycles. The molecular formula is C11H14FNO3. The maximum atomic E-state index is 13.4. The lowest BCUT2D eigenvalue weighted by molar-refractivity contribution is 0.0259. The molecule has 4 nitrogen and oxygen atoms in total. The minimum absolute atomic E-state index is 0.373. The second-order valence-electron chi connectivity index (χ2n) is 3.86. The first-order valence-corrected chi connectivity index (χ1v) is 5.14. The van der Waals surface area contributed by atoms with Crippen molar-refractivity contribution in [2.75, 3.05) is 19.7 Å². The quantitative estimate of drug-likeness (QED) is 0.674. The molecule has 3 N–H and O–H groups in total. The van der Waals surface area contributed by atoms with Gasteiger partial charge >= 0.3 is 0 Å². The molecular weight excluding hydrogens is 213 g/mol. The first-order valence-electron chi connectivity index (χ1n) is 5.14. The Morgan fingerprint density at radius 3 is 2.81 bits per heavy atom. The molecule has 0 radical (unpaired) electrons. The summed E-state index contributed by atoms with van der Waals surface area (Å²) in [7, 11) is 0. The van der Waals surface area contributed by atoms with Gasteiger partial charge in [0, 0.05) is 18.7 Å². The molecule has 1 aliphatic rings. The fourth-order valence-corrected chi connectivity index (χ4v) is 1.79. The lowest BCUT2D eigenvalue weighted by Crippen LogP contribution is -2.33. The number of phenols is 2. The number of aryl methyl sites for hydroxylation is 1. The zero-order valence-electron chi connectivity index (χ0n) is 8.96. The van der Waals surface area contributed by atoms with Crippen LogP contribution in [0.5, 0.6) is 11.5 Å². The first kappa shape index (κ1) is 11.2. The minimum atomic E-state index is -0.982. The number of nitrogens with one attached hydrogen (secondary N) is 1. The van der Waals surface area contributed by atoms with E-state index < -0.39 is 17.3 Å². The SMILES string of the molecule is Cc1cc(C2CNCCO2)c(O)c(F)c1O. The highest BCUT2D eigenvalue weighted by molar-refractivity contribution is 5.47. The van der Waals surface area contributed by atoms with Crippen molar-refractivity contribution in [2.45, 2.75) is 13.0 Å². The van der Waals surface area contributed by atoms with Crippen LogP contribution < -0.4 is 5.32 Å². The van der Waals surface area contributed by atoms with Crippen LogP contribution in [0.4, 0.5) is 4.39 Å². The highest BCUT2D eigenvalue weighted by Gasteiger charge is 2.23. The summed E-state index contributed by atoms with van der Waals surface area (Å²) in [6.45, 7) is 3.37. The number of morpholine rings is 1. The Hall–Kier alpha value is -1.33. The summed E-state index contributed by atoms with van der Waals surface area (Å²) >= 11 is 0. The Balaban J connectivity index is 2.40. The van der Waals surface area contributed by atoms with Gasteiger partial charge in [-0.25, -0.2) is 0 Å². The monoisotopic (exact) mass is 227 g/mol. The van der Waals surface area contributed by atoms with Gasteiger partial charge in [0.15, 0.2) is 11.5 Å². The molecule has 0 aromatic heterocycles. The molecule has 1 aliphatic heterocycles. The van der Waals surface area contributed by atoms with Crippen LogP contribution in [0.3, 0.4) is 0 Å². The Morgan fingerprint density at radius 1 is 1.44 bits per heavy atom. The summed E-state index contributed by atoms with van der Waals surface area (Å²) in [6, 6.07) is 1.55. The average molecular weight is 227 g/mol. The van der Waals surface area contributed by atoms with Crippen LogP contribution >= 0.6 is 0 Å². The summed E-state index contributed by atoms with van der Waals surface area (Å²) in [5, 5.41) is 22.0. The Morgan fingerprint density at radius 2 is 2.19 bits per heavy atom. The molecule has 0 aliphatic carbocycles. The van der Waals surface area contributed by atoms with E-state index in [1.807, 2.05) is 0 Å². The van der Waals surface area contributed by atoms with Gasteiger partial charge in [-0.15, -0.1) is 0 Å². The van der Waals surface area contributed by atoms with Gasteiger partial charge in [0.1, 0.15) is 0 Å². The molecule has 1 aromatic rings. The van der Waals surface area contributed by atoms with E-state index in [-0.39, 0.29) is 6.10 Å². The number of halogens is 1. The number of hydrogen-bond acceptors (Lipinski definition) is 4. The van der Waals surface area contributed by atoms with E-state index >= 15 is 0 Å². The Labute approximate surface area is 92.7 Å². The first-order chi connectivity index (χ1) is 7.61. The average Bonchev–Trinajstić information content (AvgIpc) is 2.32. The summed E-state index contributed by atoms with van der Waals surface area (Å²) < 4.78 is 18.9. The fourth-order valence-electron chi connectivity index (χ4n) is 1.79. The molecule has 1 unspecified atom stereocenters. The predicted octanol–water partition coefficient (Wildman–Crippen LogP) is 1.21. The van der Waals surface area contributed by atoms with Crippen molar-refractivity contribution in [1.82, 2.24) is 5.32 Å². The molecule has 1 atom stereocenters. The van der Waals surface area contributed by atoms with Crippen LogP contribution in [0.25, 0.3) is 0 Å².